The average molecular weight is 823 g/mol. The van der Waals surface area contributed by atoms with Crippen LogP contribution in [0.5, 0.6) is 0 Å². The second-order valence-electron chi connectivity index (χ2n) is 11.1. The predicted octanol–water partition coefficient (Wildman–Crippen LogP) is -3.18. The third-order valence-corrected chi connectivity index (χ3v) is 8.45. The molecule has 2 heterocycles. The zero-order valence-electron chi connectivity index (χ0n) is 28.3. The molecule has 296 valence electrons. The Morgan fingerprint density at radius 2 is 0.980 bits per heavy atom. The van der Waals surface area contributed by atoms with Crippen molar-refractivity contribution in [3.05, 3.63) is 0 Å². The fourth-order valence-electron chi connectivity index (χ4n) is 4.71. The Labute approximate surface area is 293 Å². The molecule has 0 unspecified atom stereocenters. The molecule has 0 N–H and O–H groups in total. The maximum Gasteiger partial charge on any atom is 0.303 e. The summed E-state index contributed by atoms with van der Waals surface area (Å²) < 4.78 is 155. The van der Waals surface area contributed by atoms with E-state index in [1.165, 1.54) is 0 Å². The molecular formula is C24H38O23S4. The van der Waals surface area contributed by atoms with Crippen LogP contribution in [0.2, 0.25) is 0 Å². The van der Waals surface area contributed by atoms with Crippen LogP contribution >= 0.6 is 0 Å². The van der Waals surface area contributed by atoms with Crippen LogP contribution in [0, 0.1) is 0 Å². The Hall–Kier alpha value is -2.60. The molecule has 0 aromatic heterocycles. The van der Waals surface area contributed by atoms with E-state index in [1.54, 1.807) is 0 Å². The van der Waals surface area contributed by atoms with Gasteiger partial charge in [0.05, 0.1) is 38.2 Å². The van der Waals surface area contributed by atoms with E-state index >= 15 is 0 Å². The van der Waals surface area contributed by atoms with Crippen molar-refractivity contribution < 1.29 is 103 Å². The Balaban J connectivity index is 2.92. The molecule has 2 saturated heterocycles. The van der Waals surface area contributed by atoms with Crippen LogP contribution in [0.1, 0.15) is 27.7 Å². The summed E-state index contributed by atoms with van der Waals surface area (Å²) in [6, 6.07) is 0. The molecule has 0 aliphatic carbocycles. The largest absolute Gasteiger partial charge is 0.456 e. The lowest BCUT2D eigenvalue weighted by Gasteiger charge is -2.46. The van der Waals surface area contributed by atoms with E-state index in [2.05, 4.69) is 0 Å². The lowest BCUT2D eigenvalue weighted by Crippen LogP contribution is -2.65. The highest BCUT2D eigenvalue weighted by atomic mass is 32.2. The SMILES string of the molecule is CC(=O)O[C@H]1[C@H](OS(C)(=O)=O)[C@@H](O[C@]2(COS(C)(=O)=O)O[C@@H](COS(C)(=O)=O)[C@H](OC(C)=O)[C@@H]2OC(C)=O)O[C@@H](COS(C)(=O)=O)[C@@H]1OC(C)=O. The number of hydrogen-bond acceptors (Lipinski definition) is 23. The molecule has 2 aliphatic rings. The summed E-state index contributed by atoms with van der Waals surface area (Å²) in [5.41, 5.74) is 0. The molecule has 0 radical (unpaired) electrons. The summed E-state index contributed by atoms with van der Waals surface area (Å²) >= 11 is 0. The first-order valence-electron chi connectivity index (χ1n) is 14.1. The zero-order valence-corrected chi connectivity index (χ0v) is 31.5. The molecule has 23 nitrogen and oxygen atoms in total. The van der Waals surface area contributed by atoms with Crippen LogP contribution < -0.4 is 0 Å². The number of esters is 4. The molecule has 0 spiro atoms. The van der Waals surface area contributed by atoms with Crippen molar-refractivity contribution >= 4 is 64.3 Å². The molecule has 0 saturated carbocycles. The van der Waals surface area contributed by atoms with Gasteiger partial charge in [-0.3, -0.25) is 35.9 Å². The van der Waals surface area contributed by atoms with Gasteiger partial charge in [0.15, 0.2) is 36.8 Å². The molecule has 51 heavy (non-hydrogen) atoms. The molecule has 9 atom stereocenters. The molecule has 0 aromatic rings. The minimum atomic E-state index is -4.64. The predicted molar refractivity (Wildman–Crippen MR) is 162 cm³/mol. The van der Waals surface area contributed by atoms with Gasteiger partial charge in [0.2, 0.25) is 5.79 Å². The highest BCUT2D eigenvalue weighted by molar-refractivity contribution is 7.86. The monoisotopic (exact) mass is 822 g/mol. The van der Waals surface area contributed by atoms with Crippen LogP contribution in [-0.4, -0.2) is 157 Å². The van der Waals surface area contributed by atoms with Crippen LogP contribution in [0.15, 0.2) is 0 Å². The van der Waals surface area contributed by atoms with Crippen LogP contribution in [0.4, 0.5) is 0 Å². The Bertz CT molecular complexity index is 1740. The van der Waals surface area contributed by atoms with Gasteiger partial charge in [-0.05, 0) is 0 Å². The van der Waals surface area contributed by atoms with E-state index in [1.807, 2.05) is 0 Å². The molecule has 2 fully saturated rings. The fraction of sp³-hybridized carbons (Fsp3) is 0.833. The summed E-state index contributed by atoms with van der Waals surface area (Å²) in [6.07, 6.45) is -13.8. The number of ether oxygens (including phenoxy) is 7. The first-order chi connectivity index (χ1) is 23.0. The summed E-state index contributed by atoms with van der Waals surface area (Å²) in [4.78, 5) is 48.9. The number of rotatable bonds is 17. The highest BCUT2D eigenvalue weighted by Gasteiger charge is 2.64. The lowest BCUT2D eigenvalue weighted by atomic mass is 9.98. The third kappa shape index (κ3) is 14.7. The van der Waals surface area contributed by atoms with Gasteiger partial charge in [-0.15, -0.1) is 0 Å². The Kier molecular flexibility index (Phi) is 14.9. The highest BCUT2D eigenvalue weighted by Crippen LogP contribution is 2.42. The maximum atomic E-state index is 12.5. The zero-order chi connectivity index (χ0) is 39.3. The Morgan fingerprint density at radius 3 is 1.41 bits per heavy atom. The van der Waals surface area contributed by atoms with E-state index in [-0.39, 0.29) is 0 Å². The van der Waals surface area contributed by atoms with Gasteiger partial charge in [0.1, 0.15) is 18.8 Å². The van der Waals surface area contributed by atoms with Gasteiger partial charge in [-0.1, -0.05) is 0 Å². The standard InChI is InChI=1S/C24H38O23S4/c1-12(25)40-18-16(9-37-48(5,29)30)44-23(21(47-51(8,35)36)20(18)42-14(3)27)46-24(11-39-50(7,33)34)22(43-15(4)28)19(41-13(2)26)17(45-24)10-38-49(6,31)32/h16-23H,9-11H2,1-8H3/t16-,17-,18-,19-,20+,21-,22-,23+,24-/m0/s1. The van der Waals surface area contributed by atoms with Crippen molar-refractivity contribution in [2.75, 3.05) is 44.8 Å². The van der Waals surface area contributed by atoms with E-state index in [4.69, 9.17) is 49.9 Å². The van der Waals surface area contributed by atoms with E-state index in [0.717, 1.165) is 27.7 Å². The first-order valence-corrected chi connectivity index (χ1v) is 21.4. The summed E-state index contributed by atoms with van der Waals surface area (Å²) in [5.74, 6) is -7.36. The number of carbonyl (C=O) groups is 4. The van der Waals surface area contributed by atoms with Gasteiger partial charge in [-0.2, -0.15) is 33.7 Å². The first kappa shape index (κ1) is 44.6. The van der Waals surface area contributed by atoms with Gasteiger partial charge in [-0.25, -0.2) is 0 Å². The molecule has 0 amide bonds. The topological polar surface area (TPSA) is 306 Å². The molecule has 27 heteroatoms. The minimum Gasteiger partial charge on any atom is -0.456 e. The molecule has 2 rings (SSSR count). The Morgan fingerprint density at radius 1 is 0.549 bits per heavy atom. The number of hydrogen-bond donors (Lipinski definition) is 0. The molecule has 0 aromatic carbocycles. The fourth-order valence-corrected chi connectivity index (χ4v) is 6.46. The average Bonchev–Trinajstić information content (AvgIpc) is 3.17. The third-order valence-electron chi connectivity index (χ3n) is 6.21. The van der Waals surface area contributed by atoms with Crippen molar-refractivity contribution in [1.82, 2.24) is 0 Å². The van der Waals surface area contributed by atoms with Crippen molar-refractivity contribution in [2.45, 2.75) is 82.5 Å². The normalized spacial score (nSPS) is 30.3. The second kappa shape index (κ2) is 17.0. The van der Waals surface area contributed by atoms with Crippen molar-refractivity contribution in [2.24, 2.45) is 0 Å². The second-order valence-corrected chi connectivity index (χ2v) is 17.6. The molecule has 0 bridgehead atoms. The smallest absolute Gasteiger partial charge is 0.303 e. The van der Waals surface area contributed by atoms with Gasteiger partial charge >= 0.3 is 23.9 Å². The minimum absolute atomic E-state index is 0.528. The maximum absolute atomic E-state index is 12.5. The van der Waals surface area contributed by atoms with Gasteiger partial charge in [0.25, 0.3) is 40.5 Å². The van der Waals surface area contributed by atoms with Crippen LogP contribution in [0.25, 0.3) is 0 Å². The van der Waals surface area contributed by atoms with Crippen molar-refractivity contribution in [1.29, 1.82) is 0 Å². The summed E-state index contributed by atoms with van der Waals surface area (Å²) in [5, 5.41) is 0. The number of carbonyl (C=O) groups excluding carboxylic acids is 4. The van der Waals surface area contributed by atoms with Crippen LogP contribution in [-0.2, 0) is 110 Å². The lowest BCUT2D eigenvalue weighted by molar-refractivity contribution is -0.378. The van der Waals surface area contributed by atoms with Gasteiger partial charge in [0, 0.05) is 27.7 Å². The summed E-state index contributed by atoms with van der Waals surface area (Å²) in [7, 11) is -17.7. The van der Waals surface area contributed by atoms with E-state index in [9.17, 15) is 52.8 Å². The van der Waals surface area contributed by atoms with Gasteiger partial charge < -0.3 is 33.2 Å². The quantitative estimate of drug-likeness (QED) is 0.0793. The van der Waals surface area contributed by atoms with Crippen molar-refractivity contribution in [3.8, 4) is 0 Å². The van der Waals surface area contributed by atoms with Crippen molar-refractivity contribution in [3.63, 3.8) is 0 Å². The van der Waals surface area contributed by atoms with E-state index < -0.39 is 139 Å². The molecular weight excluding hydrogens is 785 g/mol. The van der Waals surface area contributed by atoms with Crippen LogP contribution in [0.3, 0.4) is 0 Å². The van der Waals surface area contributed by atoms with E-state index in [0.29, 0.717) is 25.0 Å². The summed E-state index contributed by atoms with van der Waals surface area (Å²) in [6.45, 7) is 0.0978. The molecule has 2 aliphatic heterocycles.